The second-order valence-electron chi connectivity index (χ2n) is 10.5. The molecule has 0 aliphatic heterocycles. The molecule has 0 saturated heterocycles. The first-order valence-electron chi connectivity index (χ1n) is 12.6. The van der Waals surface area contributed by atoms with E-state index in [1.807, 2.05) is 31.2 Å². The molecule has 1 aliphatic carbocycles. The highest BCUT2D eigenvalue weighted by Gasteiger charge is 2.30. The highest BCUT2D eigenvalue weighted by atomic mass is 35.5. The van der Waals surface area contributed by atoms with E-state index in [1.54, 1.807) is 4.90 Å². The van der Waals surface area contributed by atoms with E-state index in [-0.39, 0.29) is 23.3 Å². The normalized spacial score (nSPS) is 15.2. The van der Waals surface area contributed by atoms with Crippen molar-refractivity contribution >= 4 is 23.4 Å². The molecule has 2 aromatic rings. The fourth-order valence-electron chi connectivity index (χ4n) is 4.64. The summed E-state index contributed by atoms with van der Waals surface area (Å²) in [5, 5.41) is 3.86. The Bertz CT molecular complexity index is 942. The van der Waals surface area contributed by atoms with Gasteiger partial charge in [0.2, 0.25) is 11.8 Å². The van der Waals surface area contributed by atoms with Gasteiger partial charge in [0.05, 0.1) is 0 Å². The second kappa shape index (κ2) is 11.9. The molecule has 2 amide bonds. The van der Waals surface area contributed by atoms with E-state index in [0.717, 1.165) is 36.8 Å². The minimum atomic E-state index is -0.480. The number of hydrogen-bond acceptors (Lipinski definition) is 2. The number of carbonyl (C=O) groups is 2. The molecule has 0 aromatic heterocycles. The SMILES string of the molecule is CC[C@@H](C(=O)NC1CCCC1)N(Cc1ccc(Cl)cc1)C(=O)CCc1ccc(C(C)(C)C)cc1. The van der Waals surface area contributed by atoms with Crippen LogP contribution in [0.5, 0.6) is 0 Å². The third-order valence-corrected chi connectivity index (χ3v) is 7.05. The molecule has 0 unspecified atom stereocenters. The van der Waals surface area contributed by atoms with Crippen LogP contribution in [0.15, 0.2) is 48.5 Å². The average Bonchev–Trinajstić information content (AvgIpc) is 3.31. The lowest BCUT2D eigenvalue weighted by molar-refractivity contribution is -0.141. The van der Waals surface area contributed by atoms with Crippen LogP contribution in [0.3, 0.4) is 0 Å². The molecule has 34 heavy (non-hydrogen) atoms. The van der Waals surface area contributed by atoms with E-state index < -0.39 is 6.04 Å². The van der Waals surface area contributed by atoms with E-state index in [4.69, 9.17) is 11.6 Å². The van der Waals surface area contributed by atoms with Crippen molar-refractivity contribution in [3.05, 3.63) is 70.2 Å². The predicted octanol–water partition coefficient (Wildman–Crippen LogP) is 6.44. The van der Waals surface area contributed by atoms with E-state index in [0.29, 0.717) is 30.8 Å². The maximum Gasteiger partial charge on any atom is 0.243 e. The van der Waals surface area contributed by atoms with E-state index in [9.17, 15) is 9.59 Å². The standard InChI is InChI=1S/C29H39ClN2O2/c1-5-26(28(34)31-25-8-6-7-9-25)32(20-22-12-17-24(30)18-13-22)27(33)19-14-21-10-15-23(16-11-21)29(2,3)4/h10-13,15-18,25-26H,5-9,14,19-20H2,1-4H3,(H,31,34)/t26-/m0/s1. The molecule has 1 atom stereocenters. The number of halogens is 1. The van der Waals surface area contributed by atoms with Crippen LogP contribution in [0.4, 0.5) is 0 Å². The Morgan fingerprint density at radius 3 is 2.15 bits per heavy atom. The summed E-state index contributed by atoms with van der Waals surface area (Å²) in [6.45, 7) is 8.97. The summed E-state index contributed by atoms with van der Waals surface area (Å²) >= 11 is 6.06. The number of aryl methyl sites for hydroxylation is 1. The third-order valence-electron chi connectivity index (χ3n) is 6.80. The molecule has 0 spiro atoms. The van der Waals surface area contributed by atoms with Crippen LogP contribution in [0.2, 0.25) is 5.02 Å². The van der Waals surface area contributed by atoms with Crippen LogP contribution >= 0.6 is 11.6 Å². The first kappa shape index (κ1) is 26.3. The number of carbonyl (C=O) groups excluding carboxylic acids is 2. The topological polar surface area (TPSA) is 49.4 Å². The van der Waals surface area contributed by atoms with Crippen LogP contribution < -0.4 is 5.32 Å². The Morgan fingerprint density at radius 1 is 1.00 bits per heavy atom. The van der Waals surface area contributed by atoms with Gasteiger partial charge in [0.1, 0.15) is 6.04 Å². The van der Waals surface area contributed by atoms with Crippen molar-refractivity contribution in [2.45, 2.75) is 96.7 Å². The van der Waals surface area contributed by atoms with Crippen LogP contribution in [0.25, 0.3) is 0 Å². The minimum absolute atomic E-state index is 0.00303. The summed E-state index contributed by atoms with van der Waals surface area (Å²) in [5.41, 5.74) is 3.49. The van der Waals surface area contributed by atoms with Crippen molar-refractivity contribution in [2.75, 3.05) is 0 Å². The van der Waals surface area contributed by atoms with Gasteiger partial charge in [-0.15, -0.1) is 0 Å². The zero-order chi connectivity index (χ0) is 24.7. The number of benzene rings is 2. The molecule has 0 heterocycles. The van der Waals surface area contributed by atoms with Gasteiger partial charge in [-0.3, -0.25) is 9.59 Å². The Kier molecular flexibility index (Phi) is 9.18. The number of nitrogens with one attached hydrogen (secondary N) is 1. The lowest BCUT2D eigenvalue weighted by Crippen LogP contribution is -2.51. The van der Waals surface area contributed by atoms with Gasteiger partial charge in [0.15, 0.2) is 0 Å². The summed E-state index contributed by atoms with van der Waals surface area (Å²) in [5.74, 6) is -0.0329. The molecular formula is C29H39ClN2O2. The first-order valence-corrected chi connectivity index (χ1v) is 13.0. The number of hydrogen-bond donors (Lipinski definition) is 1. The third kappa shape index (κ3) is 7.33. The van der Waals surface area contributed by atoms with Gasteiger partial charge >= 0.3 is 0 Å². The molecule has 1 N–H and O–H groups in total. The van der Waals surface area contributed by atoms with E-state index >= 15 is 0 Å². The lowest BCUT2D eigenvalue weighted by Gasteiger charge is -2.31. The van der Waals surface area contributed by atoms with Crippen molar-refractivity contribution in [3.8, 4) is 0 Å². The van der Waals surface area contributed by atoms with Crippen LogP contribution in [-0.2, 0) is 28.0 Å². The number of nitrogens with zero attached hydrogens (tertiary/aromatic N) is 1. The number of rotatable bonds is 9. The zero-order valence-corrected chi connectivity index (χ0v) is 21.8. The van der Waals surface area contributed by atoms with Gasteiger partial charge in [-0.1, -0.05) is 88.5 Å². The summed E-state index contributed by atoms with van der Waals surface area (Å²) in [6, 6.07) is 15.8. The fraction of sp³-hybridized carbons (Fsp3) is 0.517. The largest absolute Gasteiger partial charge is 0.352 e. The van der Waals surface area contributed by atoms with Gasteiger partial charge < -0.3 is 10.2 Å². The highest BCUT2D eigenvalue weighted by Crippen LogP contribution is 2.23. The molecule has 0 radical (unpaired) electrons. The highest BCUT2D eigenvalue weighted by molar-refractivity contribution is 6.30. The average molecular weight is 483 g/mol. The summed E-state index contributed by atoms with van der Waals surface area (Å²) in [6.07, 6.45) is 5.97. The van der Waals surface area contributed by atoms with Crippen molar-refractivity contribution in [2.24, 2.45) is 0 Å². The second-order valence-corrected chi connectivity index (χ2v) is 10.9. The quantitative estimate of drug-likeness (QED) is 0.447. The zero-order valence-electron chi connectivity index (χ0n) is 21.1. The van der Waals surface area contributed by atoms with Gasteiger partial charge in [0, 0.05) is 24.0 Å². The Morgan fingerprint density at radius 2 is 1.59 bits per heavy atom. The molecule has 5 heteroatoms. The Hall–Kier alpha value is -2.33. The minimum Gasteiger partial charge on any atom is -0.352 e. The predicted molar refractivity (Wildman–Crippen MR) is 140 cm³/mol. The van der Waals surface area contributed by atoms with Crippen LogP contribution in [-0.4, -0.2) is 28.8 Å². The first-order chi connectivity index (χ1) is 16.2. The Balaban J connectivity index is 1.73. The van der Waals surface area contributed by atoms with Gasteiger partial charge in [-0.2, -0.15) is 0 Å². The van der Waals surface area contributed by atoms with Crippen molar-refractivity contribution < 1.29 is 9.59 Å². The molecule has 1 aliphatic rings. The van der Waals surface area contributed by atoms with Crippen LogP contribution in [0.1, 0.15) is 82.9 Å². The summed E-state index contributed by atoms with van der Waals surface area (Å²) in [4.78, 5) is 28.4. The molecule has 3 rings (SSSR count). The molecule has 1 fully saturated rings. The monoisotopic (exact) mass is 482 g/mol. The number of amides is 2. The maximum absolute atomic E-state index is 13.5. The van der Waals surface area contributed by atoms with Crippen molar-refractivity contribution in [1.29, 1.82) is 0 Å². The fourth-order valence-corrected chi connectivity index (χ4v) is 4.77. The maximum atomic E-state index is 13.5. The molecule has 4 nitrogen and oxygen atoms in total. The molecular weight excluding hydrogens is 444 g/mol. The van der Waals surface area contributed by atoms with Crippen molar-refractivity contribution in [1.82, 2.24) is 10.2 Å². The molecule has 184 valence electrons. The molecule has 0 bridgehead atoms. The van der Waals surface area contributed by atoms with Gasteiger partial charge in [-0.05, 0) is 59.9 Å². The van der Waals surface area contributed by atoms with E-state index in [2.05, 4.69) is 50.4 Å². The smallest absolute Gasteiger partial charge is 0.243 e. The van der Waals surface area contributed by atoms with E-state index in [1.165, 1.54) is 5.56 Å². The Labute approximate surface area is 210 Å². The summed E-state index contributed by atoms with van der Waals surface area (Å²) < 4.78 is 0. The molecule has 1 saturated carbocycles. The molecule has 2 aromatic carbocycles. The van der Waals surface area contributed by atoms with Gasteiger partial charge in [0.25, 0.3) is 0 Å². The van der Waals surface area contributed by atoms with Crippen molar-refractivity contribution in [3.63, 3.8) is 0 Å². The van der Waals surface area contributed by atoms with Gasteiger partial charge in [-0.25, -0.2) is 0 Å². The summed E-state index contributed by atoms with van der Waals surface area (Å²) in [7, 11) is 0. The lowest BCUT2D eigenvalue weighted by atomic mass is 9.86. The van der Waals surface area contributed by atoms with Crippen LogP contribution in [0, 0.1) is 0 Å².